The van der Waals surface area contributed by atoms with Gasteiger partial charge in [0, 0.05) is 38.6 Å². The molecular weight excluding hydrogens is 336 g/mol. The van der Waals surface area contributed by atoms with Crippen LogP contribution >= 0.6 is 0 Å². The van der Waals surface area contributed by atoms with Crippen molar-refractivity contribution in [2.24, 2.45) is 0 Å². The summed E-state index contributed by atoms with van der Waals surface area (Å²) in [5.74, 6) is 1.06. The first kappa shape index (κ1) is 20.6. The Balaban J connectivity index is 1.94. The first-order valence-electron chi connectivity index (χ1n) is 9.20. The van der Waals surface area contributed by atoms with Crippen LogP contribution in [0.15, 0.2) is 4.52 Å². The molecule has 0 radical (unpaired) electrons. The molecule has 0 spiro atoms. The van der Waals surface area contributed by atoms with Crippen molar-refractivity contribution in [1.29, 1.82) is 0 Å². The van der Waals surface area contributed by atoms with Crippen molar-refractivity contribution in [2.75, 3.05) is 26.7 Å². The lowest BCUT2D eigenvalue weighted by atomic mass is 10.2. The minimum Gasteiger partial charge on any atom is -0.444 e. The largest absolute Gasteiger partial charge is 0.444 e. The van der Waals surface area contributed by atoms with Gasteiger partial charge in [0.15, 0.2) is 5.82 Å². The predicted octanol–water partition coefficient (Wildman–Crippen LogP) is 2.65. The van der Waals surface area contributed by atoms with Gasteiger partial charge < -0.3 is 18.9 Å². The van der Waals surface area contributed by atoms with E-state index in [0.717, 1.165) is 13.1 Å². The smallest absolute Gasteiger partial charge is 0.410 e. The van der Waals surface area contributed by atoms with E-state index in [1.165, 1.54) is 0 Å². The Morgan fingerprint density at radius 1 is 1.38 bits per heavy atom. The maximum absolute atomic E-state index is 12.2. The molecule has 2 unspecified atom stereocenters. The molecule has 26 heavy (non-hydrogen) atoms. The van der Waals surface area contributed by atoms with Crippen LogP contribution in [0.25, 0.3) is 0 Å². The molecule has 2 atom stereocenters. The predicted molar refractivity (Wildman–Crippen MR) is 96.9 cm³/mol. The van der Waals surface area contributed by atoms with Gasteiger partial charge in [-0.25, -0.2) is 4.79 Å². The van der Waals surface area contributed by atoms with Crippen molar-refractivity contribution in [1.82, 2.24) is 19.9 Å². The Kier molecular flexibility index (Phi) is 6.63. The Bertz CT molecular complexity index is 596. The summed E-state index contributed by atoms with van der Waals surface area (Å²) in [6.07, 6.45) is -0.0805. The lowest BCUT2D eigenvalue weighted by molar-refractivity contribution is -0.0539. The van der Waals surface area contributed by atoms with Gasteiger partial charge in [-0.2, -0.15) is 4.98 Å². The number of aromatic nitrogens is 2. The standard InChI is InChI=1S/C18H32N4O4/c1-12(2)22-8-9-24-14(11-22)16-19-15(20-26-16)10-13(3)21(7)17(23)25-18(4,5)6/h12-14H,8-11H2,1-7H3. The van der Waals surface area contributed by atoms with E-state index < -0.39 is 5.60 Å². The van der Waals surface area contributed by atoms with E-state index in [-0.39, 0.29) is 18.2 Å². The molecule has 0 aromatic carbocycles. The van der Waals surface area contributed by atoms with Crippen LogP contribution < -0.4 is 0 Å². The molecule has 1 fully saturated rings. The number of amides is 1. The van der Waals surface area contributed by atoms with Crippen molar-refractivity contribution < 1.29 is 18.8 Å². The fraction of sp³-hybridized carbons (Fsp3) is 0.833. The van der Waals surface area contributed by atoms with E-state index in [2.05, 4.69) is 28.9 Å². The second-order valence-corrected chi connectivity index (χ2v) is 8.14. The lowest BCUT2D eigenvalue weighted by Crippen LogP contribution is -2.42. The first-order chi connectivity index (χ1) is 12.1. The topological polar surface area (TPSA) is 80.9 Å². The molecule has 0 aliphatic carbocycles. The van der Waals surface area contributed by atoms with Crippen LogP contribution in [-0.4, -0.2) is 70.5 Å². The number of morpholine rings is 1. The average molecular weight is 368 g/mol. The SMILES string of the molecule is CC(C)N1CCOC(c2nc(CC(C)N(C)C(=O)OC(C)(C)C)no2)C1. The summed E-state index contributed by atoms with van der Waals surface area (Å²) >= 11 is 0. The normalized spacial score (nSPS) is 20.2. The average Bonchev–Trinajstić information content (AvgIpc) is 3.01. The van der Waals surface area contributed by atoms with E-state index >= 15 is 0 Å². The number of carbonyl (C=O) groups is 1. The van der Waals surface area contributed by atoms with Gasteiger partial charge in [0.1, 0.15) is 11.7 Å². The molecule has 2 rings (SSSR count). The zero-order valence-electron chi connectivity index (χ0n) is 17.0. The zero-order valence-corrected chi connectivity index (χ0v) is 17.0. The number of nitrogens with zero attached hydrogens (tertiary/aromatic N) is 4. The number of hydrogen-bond acceptors (Lipinski definition) is 7. The molecule has 8 nitrogen and oxygen atoms in total. The third-order valence-electron chi connectivity index (χ3n) is 4.41. The van der Waals surface area contributed by atoms with Crippen molar-refractivity contribution in [3.8, 4) is 0 Å². The monoisotopic (exact) mass is 368 g/mol. The summed E-state index contributed by atoms with van der Waals surface area (Å²) in [4.78, 5) is 20.5. The van der Waals surface area contributed by atoms with Crippen molar-refractivity contribution in [3.05, 3.63) is 11.7 Å². The molecule has 1 aliphatic rings. The van der Waals surface area contributed by atoms with E-state index in [1.807, 2.05) is 27.7 Å². The van der Waals surface area contributed by atoms with Crippen LogP contribution in [0.4, 0.5) is 4.79 Å². The number of carbonyl (C=O) groups excluding carboxylic acids is 1. The molecular formula is C18H32N4O4. The molecule has 1 aromatic heterocycles. The molecule has 2 heterocycles. The molecule has 1 amide bonds. The number of hydrogen-bond donors (Lipinski definition) is 0. The van der Waals surface area contributed by atoms with Crippen molar-refractivity contribution in [2.45, 2.75) is 71.8 Å². The van der Waals surface area contributed by atoms with Crippen LogP contribution in [0.5, 0.6) is 0 Å². The second-order valence-electron chi connectivity index (χ2n) is 8.14. The molecule has 0 N–H and O–H groups in total. The van der Waals surface area contributed by atoms with Crippen molar-refractivity contribution in [3.63, 3.8) is 0 Å². The van der Waals surface area contributed by atoms with Crippen LogP contribution in [0.3, 0.4) is 0 Å². The Labute approximate surface area is 155 Å². The Hall–Kier alpha value is -1.67. The maximum Gasteiger partial charge on any atom is 0.410 e. The van der Waals surface area contributed by atoms with Gasteiger partial charge in [0.2, 0.25) is 0 Å². The maximum atomic E-state index is 12.2. The van der Waals surface area contributed by atoms with Crippen molar-refractivity contribution >= 4 is 6.09 Å². The molecule has 1 saturated heterocycles. The zero-order chi connectivity index (χ0) is 19.5. The lowest BCUT2D eigenvalue weighted by Gasteiger charge is -2.33. The van der Waals surface area contributed by atoms with E-state index in [1.54, 1.807) is 11.9 Å². The third kappa shape index (κ3) is 5.67. The van der Waals surface area contributed by atoms with Crippen LogP contribution in [0, 0.1) is 0 Å². The van der Waals surface area contributed by atoms with E-state index in [4.69, 9.17) is 14.0 Å². The summed E-state index contributed by atoms with van der Waals surface area (Å²) in [6, 6.07) is 0.334. The minimum atomic E-state index is -0.523. The minimum absolute atomic E-state index is 0.116. The summed E-state index contributed by atoms with van der Waals surface area (Å²) in [5.41, 5.74) is -0.523. The first-order valence-corrected chi connectivity index (χ1v) is 9.20. The van der Waals surface area contributed by atoms with Crippen LogP contribution in [-0.2, 0) is 15.9 Å². The summed E-state index contributed by atoms with van der Waals surface area (Å²) in [5, 5.41) is 4.05. The molecule has 8 heteroatoms. The second kappa shape index (κ2) is 8.35. The molecule has 0 saturated carbocycles. The van der Waals surface area contributed by atoms with Gasteiger partial charge in [-0.3, -0.25) is 4.90 Å². The summed E-state index contributed by atoms with van der Waals surface area (Å²) in [7, 11) is 1.71. The Morgan fingerprint density at radius 2 is 2.08 bits per heavy atom. The van der Waals surface area contributed by atoms with Gasteiger partial charge >= 0.3 is 6.09 Å². The number of likely N-dealkylation sites (N-methyl/N-ethyl adjacent to an activating group) is 1. The fourth-order valence-corrected chi connectivity index (χ4v) is 2.68. The van der Waals surface area contributed by atoms with Gasteiger partial charge in [-0.1, -0.05) is 5.16 Å². The van der Waals surface area contributed by atoms with Gasteiger partial charge in [0.25, 0.3) is 5.89 Å². The highest BCUT2D eigenvalue weighted by Crippen LogP contribution is 2.22. The molecule has 1 aliphatic heterocycles. The van der Waals surface area contributed by atoms with E-state index in [9.17, 15) is 4.79 Å². The number of rotatable bonds is 5. The van der Waals surface area contributed by atoms with Gasteiger partial charge in [-0.05, 0) is 41.5 Å². The number of ether oxygens (including phenoxy) is 2. The quantitative estimate of drug-likeness (QED) is 0.790. The molecule has 0 bridgehead atoms. The Morgan fingerprint density at radius 3 is 2.69 bits per heavy atom. The van der Waals surface area contributed by atoms with Gasteiger partial charge in [0.05, 0.1) is 6.61 Å². The summed E-state index contributed by atoms with van der Waals surface area (Å²) in [6.45, 7) is 14.1. The van der Waals surface area contributed by atoms with Crippen LogP contribution in [0.1, 0.15) is 59.4 Å². The highest BCUT2D eigenvalue weighted by molar-refractivity contribution is 5.68. The third-order valence-corrected chi connectivity index (χ3v) is 4.41. The molecule has 1 aromatic rings. The fourth-order valence-electron chi connectivity index (χ4n) is 2.68. The van der Waals surface area contributed by atoms with Gasteiger partial charge in [-0.15, -0.1) is 0 Å². The summed E-state index contributed by atoms with van der Waals surface area (Å²) < 4.78 is 16.6. The molecule has 148 valence electrons. The van der Waals surface area contributed by atoms with Crippen LogP contribution in [0.2, 0.25) is 0 Å². The van der Waals surface area contributed by atoms with E-state index in [0.29, 0.717) is 30.8 Å². The highest BCUT2D eigenvalue weighted by Gasteiger charge is 2.29. The highest BCUT2D eigenvalue weighted by atomic mass is 16.6.